The Labute approximate surface area is 139 Å². The number of β-lactam (4-membered cyclic amide) rings is 1. The average molecular weight is 337 g/mol. The minimum Gasteiger partial charge on any atom is -0.477 e. The SMILES string of the molecule is C[C@@H](O)[C@@H]1C(=O)N2C(C(=O)O)=C(CN3CC(N=C(N)N)C3)[C@H](C)[C@H]12. The zero-order valence-corrected chi connectivity index (χ0v) is 13.7. The zero-order valence-electron chi connectivity index (χ0n) is 13.7. The molecule has 0 spiro atoms. The summed E-state index contributed by atoms with van der Waals surface area (Å²) in [7, 11) is 0. The maximum Gasteiger partial charge on any atom is 0.352 e. The first kappa shape index (κ1) is 16.7. The number of aliphatic carboxylic acids is 1. The number of likely N-dealkylation sites (tertiary alicyclic amines) is 1. The molecule has 3 rings (SSSR count). The number of nitrogens with two attached hydrogens (primary N) is 2. The van der Waals surface area contributed by atoms with Crippen molar-refractivity contribution in [3.8, 4) is 0 Å². The molecule has 6 N–H and O–H groups in total. The van der Waals surface area contributed by atoms with E-state index < -0.39 is 18.0 Å². The second kappa shape index (κ2) is 5.75. The van der Waals surface area contributed by atoms with E-state index in [1.54, 1.807) is 6.92 Å². The highest BCUT2D eigenvalue weighted by Gasteiger charge is 2.59. The summed E-state index contributed by atoms with van der Waals surface area (Å²) in [6.07, 6.45) is -0.786. The minimum absolute atomic E-state index is 0.0319. The molecular weight excluding hydrogens is 314 g/mol. The van der Waals surface area contributed by atoms with E-state index in [-0.39, 0.29) is 35.6 Å². The molecule has 3 aliphatic rings. The van der Waals surface area contributed by atoms with Gasteiger partial charge in [0.1, 0.15) is 5.70 Å². The molecule has 24 heavy (non-hydrogen) atoms. The van der Waals surface area contributed by atoms with Crippen molar-refractivity contribution in [2.24, 2.45) is 28.3 Å². The van der Waals surface area contributed by atoms with E-state index in [0.29, 0.717) is 19.6 Å². The monoisotopic (exact) mass is 337 g/mol. The fourth-order valence-corrected chi connectivity index (χ4v) is 4.06. The van der Waals surface area contributed by atoms with Gasteiger partial charge in [-0.25, -0.2) is 9.79 Å². The van der Waals surface area contributed by atoms with Crippen molar-refractivity contribution >= 4 is 17.8 Å². The number of carbonyl (C=O) groups is 2. The van der Waals surface area contributed by atoms with Crippen LogP contribution in [0.2, 0.25) is 0 Å². The summed E-state index contributed by atoms with van der Waals surface area (Å²) in [4.78, 5) is 31.4. The topological polar surface area (TPSA) is 145 Å². The molecule has 0 aliphatic carbocycles. The number of aliphatic hydroxyl groups is 1. The smallest absolute Gasteiger partial charge is 0.352 e. The summed E-state index contributed by atoms with van der Waals surface area (Å²) < 4.78 is 0. The standard InChI is InChI=1S/C15H23N5O4/c1-6-9(5-19-3-8(4-19)18-15(16)17)12(14(23)24)20-11(6)10(7(2)21)13(20)22/h6-8,10-11,21H,3-5H2,1-2H3,(H,23,24)(H4,16,17,18)/t6-,7+,10-,11+/m0/s1. The van der Waals surface area contributed by atoms with Gasteiger partial charge in [0.05, 0.1) is 24.1 Å². The van der Waals surface area contributed by atoms with E-state index in [1.165, 1.54) is 4.90 Å². The Hall–Kier alpha value is -2.13. The van der Waals surface area contributed by atoms with E-state index in [4.69, 9.17) is 11.5 Å². The van der Waals surface area contributed by atoms with Crippen LogP contribution in [0, 0.1) is 11.8 Å². The third kappa shape index (κ3) is 2.44. The van der Waals surface area contributed by atoms with Crippen LogP contribution in [-0.2, 0) is 9.59 Å². The Bertz CT molecular complexity index is 634. The number of guanidine groups is 1. The van der Waals surface area contributed by atoms with Crippen molar-refractivity contribution in [1.29, 1.82) is 0 Å². The second-order valence-electron chi connectivity index (χ2n) is 6.83. The molecule has 0 aromatic carbocycles. The lowest BCUT2D eigenvalue weighted by atomic mass is 9.77. The van der Waals surface area contributed by atoms with Crippen LogP contribution in [0.15, 0.2) is 16.3 Å². The number of amides is 1. The van der Waals surface area contributed by atoms with Crippen molar-refractivity contribution in [2.45, 2.75) is 32.0 Å². The summed E-state index contributed by atoms with van der Waals surface area (Å²) in [5, 5.41) is 19.4. The number of rotatable bonds is 5. The quantitative estimate of drug-likeness (QED) is 0.261. The van der Waals surface area contributed by atoms with E-state index in [0.717, 1.165) is 5.57 Å². The highest BCUT2D eigenvalue weighted by Crippen LogP contribution is 2.47. The number of aliphatic hydroxyl groups excluding tert-OH is 1. The van der Waals surface area contributed by atoms with Crippen LogP contribution < -0.4 is 11.5 Å². The molecule has 132 valence electrons. The largest absolute Gasteiger partial charge is 0.477 e. The molecule has 3 heterocycles. The van der Waals surface area contributed by atoms with Crippen molar-refractivity contribution in [2.75, 3.05) is 19.6 Å². The molecule has 1 amide bonds. The average Bonchev–Trinajstić information content (AvgIpc) is 2.65. The number of carbonyl (C=O) groups excluding carboxylic acids is 1. The van der Waals surface area contributed by atoms with Gasteiger partial charge < -0.3 is 26.6 Å². The molecule has 0 aromatic rings. The van der Waals surface area contributed by atoms with Gasteiger partial charge >= 0.3 is 5.97 Å². The Morgan fingerprint density at radius 2 is 2.04 bits per heavy atom. The molecule has 2 saturated heterocycles. The van der Waals surface area contributed by atoms with Gasteiger partial charge in [-0.15, -0.1) is 0 Å². The number of carboxylic acid groups (broad SMARTS) is 1. The fourth-order valence-electron chi connectivity index (χ4n) is 4.06. The van der Waals surface area contributed by atoms with E-state index in [1.807, 2.05) is 6.92 Å². The molecule has 9 heteroatoms. The summed E-state index contributed by atoms with van der Waals surface area (Å²) in [5.41, 5.74) is 11.5. The van der Waals surface area contributed by atoms with E-state index in [2.05, 4.69) is 9.89 Å². The van der Waals surface area contributed by atoms with Crippen LogP contribution in [0.5, 0.6) is 0 Å². The number of fused-ring (bicyclic) bond motifs is 1. The Morgan fingerprint density at radius 3 is 2.54 bits per heavy atom. The van der Waals surface area contributed by atoms with Gasteiger partial charge in [0, 0.05) is 25.6 Å². The van der Waals surface area contributed by atoms with Gasteiger partial charge in [-0.2, -0.15) is 0 Å². The van der Waals surface area contributed by atoms with Crippen molar-refractivity contribution in [3.05, 3.63) is 11.3 Å². The number of hydrogen-bond donors (Lipinski definition) is 4. The molecular formula is C15H23N5O4. The summed E-state index contributed by atoms with van der Waals surface area (Å²) >= 11 is 0. The summed E-state index contributed by atoms with van der Waals surface area (Å²) in [6.45, 7) is 5.25. The Kier molecular flexibility index (Phi) is 4.00. The van der Waals surface area contributed by atoms with Crippen LogP contribution in [0.25, 0.3) is 0 Å². The molecule has 3 aliphatic heterocycles. The lowest BCUT2D eigenvalue weighted by Gasteiger charge is -2.46. The lowest BCUT2D eigenvalue weighted by molar-refractivity contribution is -0.163. The van der Waals surface area contributed by atoms with Crippen molar-refractivity contribution in [1.82, 2.24) is 9.80 Å². The number of aliphatic imine (C=N–C) groups is 1. The second-order valence-corrected chi connectivity index (χ2v) is 6.83. The predicted octanol–water partition coefficient (Wildman–Crippen LogP) is -1.86. The van der Waals surface area contributed by atoms with Gasteiger partial charge in [0.15, 0.2) is 5.96 Å². The molecule has 9 nitrogen and oxygen atoms in total. The van der Waals surface area contributed by atoms with Crippen LogP contribution in [-0.4, -0.2) is 75.7 Å². The van der Waals surface area contributed by atoms with E-state index in [9.17, 15) is 19.8 Å². The first-order chi connectivity index (χ1) is 11.2. The third-order valence-electron chi connectivity index (χ3n) is 5.18. The number of nitrogens with zero attached hydrogens (tertiary/aromatic N) is 3. The number of carboxylic acids is 1. The Morgan fingerprint density at radius 1 is 1.42 bits per heavy atom. The van der Waals surface area contributed by atoms with Crippen LogP contribution in [0.4, 0.5) is 0 Å². The highest BCUT2D eigenvalue weighted by atomic mass is 16.4. The summed E-state index contributed by atoms with van der Waals surface area (Å²) in [6, 6.07) is -0.238. The lowest BCUT2D eigenvalue weighted by Crippen LogP contribution is -2.63. The summed E-state index contributed by atoms with van der Waals surface area (Å²) in [5.74, 6) is -1.99. The van der Waals surface area contributed by atoms with Gasteiger partial charge in [0.2, 0.25) is 5.91 Å². The molecule has 0 aromatic heterocycles. The zero-order chi connectivity index (χ0) is 17.8. The fraction of sp³-hybridized carbons (Fsp3) is 0.667. The van der Waals surface area contributed by atoms with Gasteiger partial charge in [-0.3, -0.25) is 9.69 Å². The normalized spacial score (nSPS) is 31.4. The molecule has 0 bridgehead atoms. The van der Waals surface area contributed by atoms with Gasteiger partial charge in [0.25, 0.3) is 0 Å². The first-order valence-corrected chi connectivity index (χ1v) is 8.01. The maximum absolute atomic E-state index is 12.2. The van der Waals surface area contributed by atoms with Crippen LogP contribution in [0.3, 0.4) is 0 Å². The number of hydrogen-bond acceptors (Lipinski definition) is 5. The Balaban J connectivity index is 1.76. The van der Waals surface area contributed by atoms with Crippen LogP contribution in [0.1, 0.15) is 13.8 Å². The van der Waals surface area contributed by atoms with Gasteiger partial charge in [-0.1, -0.05) is 6.92 Å². The molecule has 0 unspecified atom stereocenters. The minimum atomic E-state index is -1.10. The highest BCUT2D eigenvalue weighted by molar-refractivity contribution is 6.00. The maximum atomic E-state index is 12.2. The predicted molar refractivity (Wildman–Crippen MR) is 85.7 cm³/mol. The molecule has 0 radical (unpaired) electrons. The first-order valence-electron chi connectivity index (χ1n) is 8.01. The van der Waals surface area contributed by atoms with E-state index >= 15 is 0 Å². The van der Waals surface area contributed by atoms with Crippen molar-refractivity contribution < 1.29 is 19.8 Å². The van der Waals surface area contributed by atoms with Gasteiger partial charge in [-0.05, 0) is 12.5 Å². The third-order valence-corrected chi connectivity index (χ3v) is 5.18. The molecule has 2 fully saturated rings. The molecule has 4 atom stereocenters. The molecule has 0 saturated carbocycles. The van der Waals surface area contributed by atoms with Crippen molar-refractivity contribution in [3.63, 3.8) is 0 Å². The van der Waals surface area contributed by atoms with Crippen LogP contribution >= 0.6 is 0 Å².